The first-order valence-electron chi connectivity index (χ1n) is 5.98. The Morgan fingerprint density at radius 3 is 2.67 bits per heavy atom. The summed E-state index contributed by atoms with van der Waals surface area (Å²) in [6.45, 7) is -2.57. The van der Waals surface area contributed by atoms with E-state index in [1.54, 1.807) is 6.07 Å². The van der Waals surface area contributed by atoms with E-state index in [4.69, 9.17) is 17.3 Å². The molecule has 2 aromatic carbocycles. The monoisotopic (exact) mass is 376 g/mol. The maximum atomic E-state index is 12.5. The molecule has 0 heterocycles. The SMILES string of the molecule is Nc1ccccc1CNc1cc(Cl)cc(Br)c1OC(F)F. The second-order valence-corrected chi connectivity index (χ2v) is 5.49. The molecule has 0 amide bonds. The van der Waals surface area contributed by atoms with Crippen LogP contribution in [0.5, 0.6) is 5.75 Å². The lowest BCUT2D eigenvalue weighted by atomic mass is 10.2. The summed E-state index contributed by atoms with van der Waals surface area (Å²) in [5.74, 6) is 0.00361. The fourth-order valence-electron chi connectivity index (χ4n) is 1.79. The lowest BCUT2D eigenvalue weighted by Gasteiger charge is -2.15. The van der Waals surface area contributed by atoms with Gasteiger partial charge < -0.3 is 15.8 Å². The molecule has 112 valence electrons. The van der Waals surface area contributed by atoms with Gasteiger partial charge in [-0.1, -0.05) is 29.8 Å². The van der Waals surface area contributed by atoms with Crippen LogP contribution in [0.15, 0.2) is 40.9 Å². The molecule has 0 saturated carbocycles. The number of anilines is 2. The van der Waals surface area contributed by atoms with Gasteiger partial charge in [0.1, 0.15) is 0 Å². The number of nitrogen functional groups attached to an aromatic ring is 1. The molecule has 0 atom stereocenters. The second kappa shape index (κ2) is 6.95. The van der Waals surface area contributed by atoms with Crippen LogP contribution in [0, 0.1) is 0 Å². The van der Waals surface area contributed by atoms with Crippen molar-refractivity contribution in [3.8, 4) is 5.75 Å². The van der Waals surface area contributed by atoms with Crippen LogP contribution in [-0.2, 0) is 6.54 Å². The van der Waals surface area contributed by atoms with Gasteiger partial charge in [0, 0.05) is 17.3 Å². The zero-order valence-electron chi connectivity index (χ0n) is 10.7. The molecule has 0 aliphatic rings. The highest BCUT2D eigenvalue weighted by Crippen LogP contribution is 2.37. The average Bonchev–Trinajstić information content (AvgIpc) is 2.41. The minimum Gasteiger partial charge on any atom is -0.431 e. The highest BCUT2D eigenvalue weighted by atomic mass is 79.9. The molecule has 0 bridgehead atoms. The number of benzene rings is 2. The Bertz CT molecular complexity index is 640. The Morgan fingerprint density at radius 1 is 1.29 bits per heavy atom. The van der Waals surface area contributed by atoms with Crippen molar-refractivity contribution in [3.05, 3.63) is 51.5 Å². The largest absolute Gasteiger partial charge is 0.431 e. The topological polar surface area (TPSA) is 47.3 Å². The van der Waals surface area contributed by atoms with Crippen LogP contribution in [0.25, 0.3) is 0 Å². The van der Waals surface area contributed by atoms with Crippen LogP contribution in [0.4, 0.5) is 20.2 Å². The Kier molecular flexibility index (Phi) is 5.25. The van der Waals surface area contributed by atoms with Gasteiger partial charge in [0.25, 0.3) is 0 Å². The van der Waals surface area contributed by atoms with Gasteiger partial charge in [-0.2, -0.15) is 8.78 Å². The molecule has 0 aromatic heterocycles. The summed E-state index contributed by atoms with van der Waals surface area (Å²) < 4.78 is 29.8. The molecule has 0 spiro atoms. The van der Waals surface area contributed by atoms with Crippen LogP contribution >= 0.6 is 27.5 Å². The number of hydrogen-bond donors (Lipinski definition) is 2. The van der Waals surface area contributed by atoms with Gasteiger partial charge in [-0.3, -0.25) is 0 Å². The zero-order valence-corrected chi connectivity index (χ0v) is 13.1. The molecule has 3 N–H and O–H groups in total. The molecule has 0 unspecified atom stereocenters. The number of rotatable bonds is 5. The molecule has 3 nitrogen and oxygen atoms in total. The van der Waals surface area contributed by atoms with Crippen molar-refractivity contribution in [2.24, 2.45) is 0 Å². The lowest BCUT2D eigenvalue weighted by molar-refractivity contribution is -0.0498. The van der Waals surface area contributed by atoms with Crippen molar-refractivity contribution in [2.75, 3.05) is 11.1 Å². The average molecular weight is 378 g/mol. The zero-order chi connectivity index (χ0) is 15.4. The number of nitrogens with two attached hydrogens (primary N) is 1. The predicted octanol–water partition coefficient (Wildman–Crippen LogP) is 4.90. The lowest BCUT2D eigenvalue weighted by Crippen LogP contribution is -2.08. The number of alkyl halides is 2. The van der Waals surface area contributed by atoms with Crippen LogP contribution in [-0.4, -0.2) is 6.61 Å². The second-order valence-electron chi connectivity index (χ2n) is 4.20. The molecule has 0 radical (unpaired) electrons. The summed E-state index contributed by atoms with van der Waals surface area (Å²) in [7, 11) is 0. The summed E-state index contributed by atoms with van der Waals surface area (Å²) in [6.07, 6.45) is 0. The number of hydrogen-bond acceptors (Lipinski definition) is 3. The first-order valence-corrected chi connectivity index (χ1v) is 7.15. The number of nitrogens with one attached hydrogen (secondary N) is 1. The van der Waals surface area contributed by atoms with Crippen LogP contribution in [0.1, 0.15) is 5.56 Å². The summed E-state index contributed by atoms with van der Waals surface area (Å²) in [4.78, 5) is 0. The van der Waals surface area contributed by atoms with E-state index in [1.165, 1.54) is 12.1 Å². The Morgan fingerprint density at radius 2 is 2.00 bits per heavy atom. The number of ether oxygens (including phenoxy) is 1. The molecule has 2 rings (SSSR count). The summed E-state index contributed by atoms with van der Waals surface area (Å²) >= 11 is 9.09. The first kappa shape index (κ1) is 15.9. The minimum atomic E-state index is -2.93. The van der Waals surface area contributed by atoms with Crippen molar-refractivity contribution in [2.45, 2.75) is 13.2 Å². The summed E-state index contributed by atoms with van der Waals surface area (Å²) in [5.41, 5.74) is 7.65. The molecule has 0 aliphatic carbocycles. The number of halogens is 4. The van der Waals surface area contributed by atoms with E-state index in [9.17, 15) is 8.78 Å². The Hall–Kier alpha value is -1.53. The predicted molar refractivity (Wildman–Crippen MR) is 84.0 cm³/mol. The van der Waals surface area contributed by atoms with Crippen molar-refractivity contribution < 1.29 is 13.5 Å². The van der Waals surface area contributed by atoms with Gasteiger partial charge >= 0.3 is 6.61 Å². The Balaban J connectivity index is 2.24. The van der Waals surface area contributed by atoms with Gasteiger partial charge in [-0.15, -0.1) is 0 Å². The van der Waals surface area contributed by atoms with Gasteiger partial charge in [-0.05, 0) is 39.7 Å². The maximum Gasteiger partial charge on any atom is 0.387 e. The van der Waals surface area contributed by atoms with E-state index in [-0.39, 0.29) is 5.75 Å². The highest BCUT2D eigenvalue weighted by Gasteiger charge is 2.15. The van der Waals surface area contributed by atoms with E-state index in [0.717, 1.165) is 5.56 Å². The van der Waals surface area contributed by atoms with Gasteiger partial charge in [0.05, 0.1) is 10.2 Å². The van der Waals surface area contributed by atoms with E-state index in [0.29, 0.717) is 27.4 Å². The van der Waals surface area contributed by atoms with Crippen LogP contribution in [0.3, 0.4) is 0 Å². The van der Waals surface area contributed by atoms with Gasteiger partial charge in [0.2, 0.25) is 0 Å². The molecule has 0 fully saturated rings. The molecular formula is C14H12BrClF2N2O. The third kappa shape index (κ3) is 4.22. The standard InChI is InChI=1S/C14H12BrClF2N2O/c15-10-5-9(16)6-12(13(10)21-14(17)18)20-7-8-3-1-2-4-11(8)19/h1-6,14,20H,7,19H2. The summed E-state index contributed by atoms with van der Waals surface area (Å²) in [6, 6.07) is 10.3. The van der Waals surface area contributed by atoms with Gasteiger partial charge in [0.15, 0.2) is 5.75 Å². The van der Waals surface area contributed by atoms with E-state index in [2.05, 4.69) is 26.0 Å². The third-order valence-corrected chi connectivity index (χ3v) is 3.55. The number of para-hydroxylation sites is 1. The van der Waals surface area contributed by atoms with Crippen LogP contribution < -0.4 is 15.8 Å². The van der Waals surface area contributed by atoms with Crippen molar-refractivity contribution in [1.82, 2.24) is 0 Å². The third-order valence-electron chi connectivity index (χ3n) is 2.74. The Labute approximate surface area is 134 Å². The fourth-order valence-corrected chi connectivity index (χ4v) is 2.69. The molecule has 2 aromatic rings. The first-order chi connectivity index (χ1) is 9.97. The van der Waals surface area contributed by atoms with Crippen molar-refractivity contribution >= 4 is 38.9 Å². The van der Waals surface area contributed by atoms with Crippen molar-refractivity contribution in [3.63, 3.8) is 0 Å². The summed E-state index contributed by atoms with van der Waals surface area (Å²) in [5, 5.41) is 3.40. The van der Waals surface area contributed by atoms with Crippen molar-refractivity contribution in [1.29, 1.82) is 0 Å². The smallest absolute Gasteiger partial charge is 0.387 e. The normalized spacial score (nSPS) is 10.7. The molecule has 7 heteroatoms. The molecule has 21 heavy (non-hydrogen) atoms. The molecular weight excluding hydrogens is 366 g/mol. The fraction of sp³-hybridized carbons (Fsp3) is 0.143. The van der Waals surface area contributed by atoms with E-state index < -0.39 is 6.61 Å². The highest BCUT2D eigenvalue weighted by molar-refractivity contribution is 9.10. The van der Waals surface area contributed by atoms with Gasteiger partial charge in [-0.25, -0.2) is 0 Å². The maximum absolute atomic E-state index is 12.5. The van der Waals surface area contributed by atoms with E-state index >= 15 is 0 Å². The quantitative estimate of drug-likeness (QED) is 0.729. The van der Waals surface area contributed by atoms with Crippen LogP contribution in [0.2, 0.25) is 5.02 Å². The van der Waals surface area contributed by atoms with E-state index in [1.807, 2.05) is 18.2 Å². The molecule has 0 aliphatic heterocycles. The molecule has 0 saturated heterocycles. The minimum absolute atomic E-state index is 0.00361.